The Bertz CT molecular complexity index is 390. The number of nitrogens with one attached hydrogen (secondary N) is 2. The number of urea groups is 1. The summed E-state index contributed by atoms with van der Waals surface area (Å²) in [5, 5.41) is 14.9. The normalized spacial score (nSPS) is 13.7. The first-order chi connectivity index (χ1) is 9.02. The van der Waals surface area contributed by atoms with Gasteiger partial charge in [-0.2, -0.15) is 0 Å². The van der Waals surface area contributed by atoms with Gasteiger partial charge in [-0.05, 0) is 38.5 Å². The molecule has 0 aliphatic carbocycles. The van der Waals surface area contributed by atoms with E-state index in [0.29, 0.717) is 18.9 Å². The second kappa shape index (κ2) is 7.76. The number of hydrogen-bond acceptors (Lipinski definition) is 3. The van der Waals surface area contributed by atoms with Crippen LogP contribution in [0.4, 0.5) is 10.5 Å². The molecule has 0 bridgehead atoms. The molecule has 3 N–H and O–H groups in total. The predicted molar refractivity (Wildman–Crippen MR) is 75.2 cm³/mol. The number of rotatable bonds is 6. The highest BCUT2D eigenvalue weighted by Crippen LogP contribution is 2.15. The zero-order valence-electron chi connectivity index (χ0n) is 11.6. The van der Waals surface area contributed by atoms with Crippen LogP contribution >= 0.6 is 0 Å². The van der Waals surface area contributed by atoms with Gasteiger partial charge in [0.25, 0.3) is 0 Å². The number of ether oxygens (including phenoxy) is 1. The maximum Gasteiger partial charge on any atom is 0.319 e. The Morgan fingerprint density at radius 3 is 2.47 bits per heavy atom. The van der Waals surface area contributed by atoms with Crippen molar-refractivity contribution in [2.24, 2.45) is 0 Å². The van der Waals surface area contributed by atoms with Crippen molar-refractivity contribution >= 4 is 11.7 Å². The highest BCUT2D eigenvalue weighted by molar-refractivity contribution is 5.89. The molecule has 2 unspecified atom stereocenters. The average molecular weight is 266 g/mol. The molecule has 0 heterocycles. The maximum absolute atomic E-state index is 11.7. The van der Waals surface area contributed by atoms with Crippen molar-refractivity contribution in [1.82, 2.24) is 5.32 Å². The van der Waals surface area contributed by atoms with Crippen LogP contribution in [-0.2, 0) is 4.74 Å². The van der Waals surface area contributed by atoms with E-state index in [-0.39, 0.29) is 12.1 Å². The molecule has 0 radical (unpaired) electrons. The monoisotopic (exact) mass is 266 g/mol. The van der Waals surface area contributed by atoms with Gasteiger partial charge in [0.2, 0.25) is 0 Å². The summed E-state index contributed by atoms with van der Waals surface area (Å²) in [4.78, 5) is 11.7. The number of carbonyl (C=O) groups is 1. The van der Waals surface area contributed by atoms with Gasteiger partial charge in [0.05, 0.1) is 18.8 Å². The molecule has 2 atom stereocenters. The van der Waals surface area contributed by atoms with Crippen molar-refractivity contribution in [2.75, 3.05) is 18.5 Å². The van der Waals surface area contributed by atoms with Crippen LogP contribution in [0.1, 0.15) is 32.4 Å². The van der Waals surface area contributed by atoms with Crippen LogP contribution in [0.5, 0.6) is 0 Å². The molecule has 0 fully saturated rings. The van der Waals surface area contributed by atoms with Crippen molar-refractivity contribution in [2.45, 2.75) is 32.9 Å². The van der Waals surface area contributed by atoms with E-state index in [1.807, 2.05) is 13.8 Å². The first-order valence-electron chi connectivity index (χ1n) is 6.46. The molecule has 5 nitrogen and oxygen atoms in total. The number of hydrogen-bond donors (Lipinski definition) is 3. The van der Waals surface area contributed by atoms with E-state index in [9.17, 15) is 9.90 Å². The summed E-state index contributed by atoms with van der Waals surface area (Å²) in [7, 11) is 0. The Morgan fingerprint density at radius 1 is 1.32 bits per heavy atom. The molecule has 0 saturated carbocycles. The van der Waals surface area contributed by atoms with Crippen LogP contribution in [0, 0.1) is 0 Å². The molecule has 1 aromatic rings. The van der Waals surface area contributed by atoms with Crippen molar-refractivity contribution in [1.29, 1.82) is 0 Å². The first kappa shape index (κ1) is 15.5. The summed E-state index contributed by atoms with van der Waals surface area (Å²) in [5.41, 5.74) is 1.50. The fourth-order valence-corrected chi connectivity index (χ4v) is 1.57. The maximum atomic E-state index is 11.7. The second-order valence-electron chi connectivity index (χ2n) is 4.46. The van der Waals surface area contributed by atoms with Crippen LogP contribution in [0.3, 0.4) is 0 Å². The minimum atomic E-state index is -0.505. The SMILES string of the molecule is CCOCC(C)NC(=O)Nc1ccc(C(C)O)cc1. The molecule has 1 rings (SSSR count). The highest BCUT2D eigenvalue weighted by Gasteiger charge is 2.07. The molecule has 19 heavy (non-hydrogen) atoms. The average Bonchev–Trinajstić information content (AvgIpc) is 2.36. The van der Waals surface area contributed by atoms with Crippen molar-refractivity contribution in [3.8, 4) is 0 Å². The lowest BCUT2D eigenvalue weighted by atomic mass is 10.1. The summed E-state index contributed by atoms with van der Waals surface area (Å²) in [5.74, 6) is 0. The molecule has 1 aromatic carbocycles. The minimum absolute atomic E-state index is 0.0447. The summed E-state index contributed by atoms with van der Waals surface area (Å²) < 4.78 is 5.22. The second-order valence-corrected chi connectivity index (χ2v) is 4.46. The lowest BCUT2D eigenvalue weighted by Gasteiger charge is -2.14. The molecule has 0 saturated heterocycles. The summed E-state index contributed by atoms with van der Waals surface area (Å²) in [6.45, 7) is 6.62. The molecule has 0 aliphatic rings. The topological polar surface area (TPSA) is 70.6 Å². The van der Waals surface area contributed by atoms with Crippen LogP contribution in [0.15, 0.2) is 24.3 Å². The molecule has 0 spiro atoms. The van der Waals surface area contributed by atoms with Gasteiger partial charge in [0, 0.05) is 12.3 Å². The summed E-state index contributed by atoms with van der Waals surface area (Å²) >= 11 is 0. The van der Waals surface area contributed by atoms with E-state index >= 15 is 0 Å². The van der Waals surface area contributed by atoms with Gasteiger partial charge in [-0.3, -0.25) is 0 Å². The van der Waals surface area contributed by atoms with Crippen molar-refractivity contribution < 1.29 is 14.6 Å². The van der Waals surface area contributed by atoms with Gasteiger partial charge in [-0.25, -0.2) is 4.79 Å². The van der Waals surface area contributed by atoms with Crippen molar-refractivity contribution in [3.05, 3.63) is 29.8 Å². The number of aliphatic hydroxyl groups excluding tert-OH is 1. The lowest BCUT2D eigenvalue weighted by molar-refractivity contribution is 0.129. The molecule has 0 aliphatic heterocycles. The van der Waals surface area contributed by atoms with Crippen molar-refractivity contribution in [3.63, 3.8) is 0 Å². The largest absolute Gasteiger partial charge is 0.389 e. The number of aliphatic hydroxyl groups is 1. The van der Waals surface area contributed by atoms with E-state index in [1.54, 1.807) is 31.2 Å². The van der Waals surface area contributed by atoms with Crippen LogP contribution in [0.25, 0.3) is 0 Å². The third kappa shape index (κ3) is 5.72. The first-order valence-corrected chi connectivity index (χ1v) is 6.46. The van der Waals surface area contributed by atoms with E-state index in [0.717, 1.165) is 5.56 Å². The molecular weight excluding hydrogens is 244 g/mol. The zero-order chi connectivity index (χ0) is 14.3. The van der Waals surface area contributed by atoms with Gasteiger partial charge in [-0.1, -0.05) is 12.1 Å². The Kier molecular flexibility index (Phi) is 6.32. The molecular formula is C14H22N2O3. The van der Waals surface area contributed by atoms with Crippen LogP contribution in [-0.4, -0.2) is 30.4 Å². The minimum Gasteiger partial charge on any atom is -0.389 e. The molecule has 5 heteroatoms. The quantitative estimate of drug-likeness (QED) is 0.740. The predicted octanol–water partition coefficient (Wildman–Crippen LogP) is 2.29. The van der Waals surface area contributed by atoms with E-state index in [1.165, 1.54) is 0 Å². The number of carbonyl (C=O) groups excluding carboxylic acids is 1. The Labute approximate surface area is 114 Å². The van der Waals surface area contributed by atoms with E-state index < -0.39 is 6.10 Å². The van der Waals surface area contributed by atoms with E-state index in [2.05, 4.69) is 10.6 Å². The number of amides is 2. The summed E-state index contributed by atoms with van der Waals surface area (Å²) in [6.07, 6.45) is -0.505. The third-order valence-corrected chi connectivity index (χ3v) is 2.60. The Hall–Kier alpha value is -1.59. The molecule has 0 aromatic heterocycles. The number of benzene rings is 1. The van der Waals surface area contributed by atoms with Gasteiger partial charge < -0.3 is 20.5 Å². The van der Waals surface area contributed by atoms with Gasteiger partial charge >= 0.3 is 6.03 Å². The fourth-order valence-electron chi connectivity index (χ4n) is 1.57. The number of anilines is 1. The molecule has 2 amide bonds. The Morgan fingerprint density at radius 2 is 1.95 bits per heavy atom. The third-order valence-electron chi connectivity index (χ3n) is 2.60. The Balaban J connectivity index is 2.43. The van der Waals surface area contributed by atoms with Gasteiger partial charge in [0.15, 0.2) is 0 Å². The summed E-state index contributed by atoms with van der Waals surface area (Å²) in [6, 6.07) is 6.77. The van der Waals surface area contributed by atoms with Crippen LogP contribution in [0.2, 0.25) is 0 Å². The van der Waals surface area contributed by atoms with Crippen LogP contribution < -0.4 is 10.6 Å². The van der Waals surface area contributed by atoms with Gasteiger partial charge in [0.1, 0.15) is 0 Å². The smallest absolute Gasteiger partial charge is 0.319 e. The lowest BCUT2D eigenvalue weighted by Crippen LogP contribution is -2.38. The standard InChI is InChI=1S/C14H22N2O3/c1-4-19-9-10(2)15-14(18)16-13-7-5-12(6-8-13)11(3)17/h5-8,10-11,17H,4,9H2,1-3H3,(H2,15,16,18). The van der Waals surface area contributed by atoms with Gasteiger partial charge in [-0.15, -0.1) is 0 Å². The fraction of sp³-hybridized carbons (Fsp3) is 0.500. The zero-order valence-corrected chi connectivity index (χ0v) is 11.6. The molecule has 106 valence electrons. The highest BCUT2D eigenvalue weighted by atomic mass is 16.5. The van der Waals surface area contributed by atoms with E-state index in [4.69, 9.17) is 4.74 Å².